The molecule has 1 unspecified atom stereocenters. The highest BCUT2D eigenvalue weighted by Gasteiger charge is 2.22. The summed E-state index contributed by atoms with van der Waals surface area (Å²) in [4.78, 5) is 11.2. The molecule has 1 atom stereocenters. The summed E-state index contributed by atoms with van der Waals surface area (Å²) >= 11 is 0. The van der Waals surface area contributed by atoms with Gasteiger partial charge in [0, 0.05) is 23.9 Å². The van der Waals surface area contributed by atoms with Crippen molar-refractivity contribution in [2.24, 2.45) is 0 Å². The number of anilines is 1. The van der Waals surface area contributed by atoms with Crippen molar-refractivity contribution in [2.45, 2.75) is 18.9 Å². The Morgan fingerprint density at radius 3 is 2.74 bits per heavy atom. The summed E-state index contributed by atoms with van der Waals surface area (Å²) < 4.78 is 36.1. The summed E-state index contributed by atoms with van der Waals surface area (Å²) in [6.45, 7) is 0. The SMILES string of the molecule is CS(=O)(=O)CC(O)c1cc2c(cc1F)NC(=O)CC2. The van der Waals surface area contributed by atoms with Crippen LogP contribution in [0.2, 0.25) is 0 Å². The number of hydrogen-bond acceptors (Lipinski definition) is 4. The van der Waals surface area contributed by atoms with Crippen LogP contribution in [0.25, 0.3) is 0 Å². The lowest BCUT2D eigenvalue weighted by molar-refractivity contribution is -0.116. The third-order valence-corrected chi connectivity index (χ3v) is 3.86. The fourth-order valence-electron chi connectivity index (χ4n) is 2.05. The van der Waals surface area contributed by atoms with E-state index in [0.717, 1.165) is 12.3 Å². The Hall–Kier alpha value is -1.47. The van der Waals surface area contributed by atoms with E-state index in [0.29, 0.717) is 24.1 Å². The number of aryl methyl sites for hydroxylation is 1. The number of aliphatic hydroxyl groups is 1. The van der Waals surface area contributed by atoms with Crippen LogP contribution in [-0.4, -0.2) is 31.4 Å². The van der Waals surface area contributed by atoms with E-state index in [1.165, 1.54) is 6.07 Å². The first kappa shape index (κ1) is 14.0. The molecule has 19 heavy (non-hydrogen) atoms. The Bertz CT molecular complexity index is 627. The lowest BCUT2D eigenvalue weighted by atomic mass is 9.98. The van der Waals surface area contributed by atoms with Crippen LogP contribution in [0, 0.1) is 5.82 Å². The van der Waals surface area contributed by atoms with Crippen molar-refractivity contribution in [3.63, 3.8) is 0 Å². The van der Waals surface area contributed by atoms with Gasteiger partial charge in [0.05, 0.1) is 11.9 Å². The number of carbonyl (C=O) groups is 1. The van der Waals surface area contributed by atoms with Gasteiger partial charge in [-0.15, -0.1) is 0 Å². The number of aliphatic hydroxyl groups excluding tert-OH is 1. The number of carbonyl (C=O) groups excluding carboxylic acids is 1. The second-order valence-corrected chi connectivity index (χ2v) is 6.87. The van der Waals surface area contributed by atoms with Gasteiger partial charge in [-0.2, -0.15) is 0 Å². The maximum atomic E-state index is 13.8. The minimum atomic E-state index is -3.40. The average molecular weight is 287 g/mol. The van der Waals surface area contributed by atoms with Crippen LogP contribution in [0.1, 0.15) is 23.7 Å². The van der Waals surface area contributed by atoms with Crippen molar-refractivity contribution in [3.05, 3.63) is 29.1 Å². The van der Waals surface area contributed by atoms with E-state index in [-0.39, 0.29) is 11.5 Å². The highest BCUT2D eigenvalue weighted by atomic mass is 32.2. The number of rotatable bonds is 3. The van der Waals surface area contributed by atoms with E-state index in [9.17, 15) is 22.7 Å². The summed E-state index contributed by atoms with van der Waals surface area (Å²) in [5, 5.41) is 12.3. The van der Waals surface area contributed by atoms with Crippen molar-refractivity contribution in [2.75, 3.05) is 17.3 Å². The highest BCUT2D eigenvalue weighted by molar-refractivity contribution is 7.90. The maximum absolute atomic E-state index is 13.8. The predicted octanol–water partition coefficient (Wildman–Crippen LogP) is 0.788. The molecular weight excluding hydrogens is 273 g/mol. The molecule has 1 aromatic carbocycles. The molecule has 104 valence electrons. The van der Waals surface area contributed by atoms with Crippen LogP contribution >= 0.6 is 0 Å². The summed E-state index contributed by atoms with van der Waals surface area (Å²) in [5.41, 5.74) is 1.02. The van der Waals surface area contributed by atoms with Gasteiger partial charge in [-0.05, 0) is 24.1 Å². The quantitative estimate of drug-likeness (QED) is 0.861. The standard InChI is InChI=1S/C12H14FNO4S/c1-19(17,18)6-11(15)8-4-7-2-3-12(16)14-10(7)5-9(8)13/h4-5,11,15H,2-3,6H2,1H3,(H,14,16). The predicted molar refractivity (Wildman–Crippen MR) is 68.0 cm³/mol. The van der Waals surface area contributed by atoms with Crippen molar-refractivity contribution in [1.29, 1.82) is 0 Å². The lowest BCUT2D eigenvalue weighted by Gasteiger charge is -2.20. The molecule has 0 saturated carbocycles. The molecule has 2 N–H and O–H groups in total. The smallest absolute Gasteiger partial charge is 0.224 e. The number of sulfone groups is 1. The molecule has 1 aliphatic heterocycles. The van der Waals surface area contributed by atoms with Crippen molar-refractivity contribution in [3.8, 4) is 0 Å². The largest absolute Gasteiger partial charge is 0.387 e. The van der Waals surface area contributed by atoms with Gasteiger partial charge in [-0.25, -0.2) is 12.8 Å². The van der Waals surface area contributed by atoms with Crippen molar-refractivity contribution in [1.82, 2.24) is 0 Å². The first-order chi connectivity index (χ1) is 8.76. The van der Waals surface area contributed by atoms with Gasteiger partial charge in [0.2, 0.25) is 5.91 Å². The van der Waals surface area contributed by atoms with E-state index >= 15 is 0 Å². The normalized spacial score (nSPS) is 16.7. The van der Waals surface area contributed by atoms with Crippen molar-refractivity contribution < 1.29 is 22.7 Å². The van der Waals surface area contributed by atoms with Crippen molar-refractivity contribution >= 4 is 21.4 Å². The Labute approximate surface area is 110 Å². The molecule has 1 amide bonds. The zero-order valence-corrected chi connectivity index (χ0v) is 11.1. The third kappa shape index (κ3) is 3.30. The van der Waals surface area contributed by atoms with Crippen LogP contribution in [0.3, 0.4) is 0 Å². The molecule has 0 bridgehead atoms. The summed E-state index contributed by atoms with van der Waals surface area (Å²) in [5.74, 6) is -1.44. The fraction of sp³-hybridized carbons (Fsp3) is 0.417. The fourth-order valence-corrected chi connectivity index (χ4v) is 2.81. The van der Waals surface area contributed by atoms with E-state index in [2.05, 4.69) is 5.32 Å². The molecule has 5 nitrogen and oxygen atoms in total. The van der Waals surface area contributed by atoms with E-state index in [1.807, 2.05) is 0 Å². The molecule has 0 aliphatic carbocycles. The van der Waals surface area contributed by atoms with Gasteiger partial charge < -0.3 is 10.4 Å². The van der Waals surface area contributed by atoms with E-state index < -0.39 is 27.5 Å². The minimum Gasteiger partial charge on any atom is -0.387 e. The summed E-state index contributed by atoms with van der Waals surface area (Å²) in [6.07, 6.45) is 0.311. The van der Waals surface area contributed by atoms with Crippen LogP contribution in [-0.2, 0) is 21.1 Å². The highest BCUT2D eigenvalue weighted by Crippen LogP contribution is 2.29. The molecule has 0 saturated heterocycles. The first-order valence-corrected chi connectivity index (χ1v) is 7.80. The zero-order valence-electron chi connectivity index (χ0n) is 10.3. The maximum Gasteiger partial charge on any atom is 0.224 e. The number of hydrogen-bond donors (Lipinski definition) is 2. The van der Waals surface area contributed by atoms with Crippen LogP contribution < -0.4 is 5.32 Å². The molecule has 0 fully saturated rings. The molecular formula is C12H14FNO4S. The molecule has 0 radical (unpaired) electrons. The van der Waals surface area contributed by atoms with Gasteiger partial charge in [-0.3, -0.25) is 4.79 Å². The van der Waals surface area contributed by atoms with E-state index in [4.69, 9.17) is 0 Å². The van der Waals surface area contributed by atoms with Gasteiger partial charge in [0.15, 0.2) is 0 Å². The van der Waals surface area contributed by atoms with Gasteiger partial charge in [0.25, 0.3) is 0 Å². The molecule has 0 aromatic heterocycles. The Balaban J connectivity index is 2.35. The monoisotopic (exact) mass is 287 g/mol. The minimum absolute atomic E-state index is 0.0553. The molecule has 7 heteroatoms. The first-order valence-electron chi connectivity index (χ1n) is 5.74. The second-order valence-electron chi connectivity index (χ2n) is 4.69. The number of nitrogens with one attached hydrogen (secondary N) is 1. The third-order valence-electron chi connectivity index (χ3n) is 2.94. The lowest BCUT2D eigenvalue weighted by Crippen LogP contribution is -2.20. The zero-order chi connectivity index (χ0) is 14.2. The van der Waals surface area contributed by atoms with Crippen LogP contribution in [0.5, 0.6) is 0 Å². The van der Waals surface area contributed by atoms with Crippen LogP contribution in [0.4, 0.5) is 10.1 Å². The molecule has 1 aliphatic rings. The Morgan fingerprint density at radius 1 is 1.42 bits per heavy atom. The topological polar surface area (TPSA) is 83.5 Å². The van der Waals surface area contributed by atoms with Gasteiger partial charge >= 0.3 is 0 Å². The Kier molecular flexibility index (Phi) is 3.60. The Morgan fingerprint density at radius 2 is 2.11 bits per heavy atom. The van der Waals surface area contributed by atoms with Crippen LogP contribution in [0.15, 0.2) is 12.1 Å². The summed E-state index contributed by atoms with van der Waals surface area (Å²) in [7, 11) is -3.40. The number of benzene rings is 1. The van der Waals surface area contributed by atoms with E-state index in [1.54, 1.807) is 0 Å². The van der Waals surface area contributed by atoms with Gasteiger partial charge in [-0.1, -0.05) is 0 Å². The van der Waals surface area contributed by atoms with Gasteiger partial charge in [0.1, 0.15) is 15.7 Å². The average Bonchev–Trinajstić information content (AvgIpc) is 2.25. The molecule has 1 heterocycles. The molecule has 0 spiro atoms. The number of fused-ring (bicyclic) bond motifs is 1. The molecule has 1 aromatic rings. The number of amides is 1. The molecule has 2 rings (SSSR count). The second kappa shape index (κ2) is 4.90. The summed E-state index contributed by atoms with van der Waals surface area (Å²) in [6, 6.07) is 2.53. The number of halogens is 1.